The number of amides is 1. The summed E-state index contributed by atoms with van der Waals surface area (Å²) in [5.74, 6) is 0.591. The average Bonchev–Trinajstić information content (AvgIpc) is 3.07. The van der Waals surface area contributed by atoms with Gasteiger partial charge in [-0.05, 0) is 35.2 Å². The van der Waals surface area contributed by atoms with Gasteiger partial charge in [0.25, 0.3) is 0 Å². The summed E-state index contributed by atoms with van der Waals surface area (Å²) in [6, 6.07) is 29.3. The lowest BCUT2D eigenvalue weighted by Gasteiger charge is -2.42. The van der Waals surface area contributed by atoms with Crippen LogP contribution in [0.25, 0.3) is 6.08 Å². The average molecular weight is 600 g/mol. The Labute approximate surface area is 261 Å². The Hall–Kier alpha value is -3.79. The molecule has 1 N–H and O–H groups in total. The van der Waals surface area contributed by atoms with Crippen molar-refractivity contribution in [3.05, 3.63) is 120 Å². The Bertz CT molecular complexity index is 1250. The van der Waals surface area contributed by atoms with Crippen molar-refractivity contribution in [2.45, 2.75) is 31.8 Å². The normalized spacial score (nSPS) is 16.0. The molecule has 0 aliphatic carbocycles. The Morgan fingerprint density at radius 3 is 2.02 bits per heavy atom. The van der Waals surface area contributed by atoms with Gasteiger partial charge in [-0.15, -0.1) is 0 Å². The summed E-state index contributed by atoms with van der Waals surface area (Å²) in [5, 5.41) is 3.19. The van der Waals surface area contributed by atoms with Gasteiger partial charge in [-0.25, -0.2) is 0 Å². The van der Waals surface area contributed by atoms with Crippen LogP contribution in [0.5, 0.6) is 5.75 Å². The molecule has 234 valence electrons. The van der Waals surface area contributed by atoms with Crippen molar-refractivity contribution in [3.63, 3.8) is 0 Å². The number of hydrogen-bond acceptors (Lipinski definition) is 7. The molecule has 2 unspecified atom stereocenters. The van der Waals surface area contributed by atoms with Gasteiger partial charge in [0.2, 0.25) is 5.91 Å². The minimum atomic E-state index is -0.471. The topological polar surface area (TPSA) is 72.5 Å². The van der Waals surface area contributed by atoms with Crippen molar-refractivity contribution >= 4 is 12.0 Å². The summed E-state index contributed by atoms with van der Waals surface area (Å²) in [4.78, 5) is 17.7. The Kier molecular flexibility index (Phi) is 13.6. The van der Waals surface area contributed by atoms with E-state index in [1.165, 1.54) is 11.1 Å². The largest absolute Gasteiger partial charge is 0.467 e. The maximum Gasteiger partial charge on any atom is 0.245 e. The summed E-state index contributed by atoms with van der Waals surface area (Å²) in [7, 11) is 3.14. The molecular formula is C36H45N3O5. The predicted octanol–water partition coefficient (Wildman–Crippen LogP) is 5.49. The van der Waals surface area contributed by atoms with Crippen LogP contribution in [0.1, 0.15) is 36.1 Å². The van der Waals surface area contributed by atoms with Crippen LogP contribution in [0.15, 0.2) is 103 Å². The van der Waals surface area contributed by atoms with Crippen molar-refractivity contribution in [2.75, 3.05) is 53.8 Å². The van der Waals surface area contributed by atoms with Gasteiger partial charge in [-0.3, -0.25) is 14.6 Å². The highest BCUT2D eigenvalue weighted by Gasteiger charge is 2.29. The van der Waals surface area contributed by atoms with Gasteiger partial charge in [0.15, 0.2) is 13.1 Å². The molecule has 0 bridgehead atoms. The molecule has 3 aromatic carbocycles. The van der Waals surface area contributed by atoms with Crippen molar-refractivity contribution in [2.24, 2.45) is 0 Å². The molecule has 8 heteroatoms. The van der Waals surface area contributed by atoms with Gasteiger partial charge in [-0.2, -0.15) is 0 Å². The fourth-order valence-corrected chi connectivity index (χ4v) is 5.34. The van der Waals surface area contributed by atoms with Gasteiger partial charge in [-0.1, -0.05) is 97.9 Å². The highest BCUT2D eigenvalue weighted by atomic mass is 16.8. The molecule has 1 aliphatic rings. The lowest BCUT2D eigenvalue weighted by molar-refractivity contribution is -0.181. The maximum absolute atomic E-state index is 12.8. The van der Waals surface area contributed by atoms with Crippen LogP contribution in [0.3, 0.4) is 0 Å². The number of ether oxygens (including phenoxy) is 4. The van der Waals surface area contributed by atoms with E-state index in [0.29, 0.717) is 12.4 Å². The van der Waals surface area contributed by atoms with Gasteiger partial charge >= 0.3 is 0 Å². The first kappa shape index (κ1) is 33.1. The second-order valence-electron chi connectivity index (χ2n) is 10.6. The van der Waals surface area contributed by atoms with Crippen molar-refractivity contribution in [3.8, 4) is 5.75 Å². The lowest BCUT2D eigenvalue weighted by atomic mass is 9.96. The van der Waals surface area contributed by atoms with Crippen LogP contribution in [0.2, 0.25) is 0 Å². The molecule has 0 aromatic heterocycles. The first-order valence-corrected chi connectivity index (χ1v) is 15.2. The highest BCUT2D eigenvalue weighted by Crippen LogP contribution is 2.29. The zero-order valence-electron chi connectivity index (χ0n) is 26.0. The predicted molar refractivity (Wildman–Crippen MR) is 174 cm³/mol. The van der Waals surface area contributed by atoms with Crippen LogP contribution in [-0.4, -0.2) is 82.0 Å². The standard InChI is InChI=1S/C36H45N3O5/c1-4-33(38-23-25-39(26-24-38)36(30-14-7-5-8-15-30)31-16-9-6-10-17-31)37-34(40)18-12-11-13-29-19-21-32(22-20-29)43-28-44-35(42-3)27-41-2/h5-22,33,35-36H,4,23-28H2,1-3H3,(H,37,40)/b13-11+,18-12+. The number of carbonyl (C=O) groups excluding carboxylic acids is 1. The Balaban J connectivity index is 1.23. The molecule has 3 aromatic rings. The van der Waals surface area contributed by atoms with Crippen molar-refractivity contribution < 1.29 is 23.7 Å². The van der Waals surface area contributed by atoms with E-state index in [2.05, 4.69) is 82.7 Å². The second kappa shape index (κ2) is 18.1. The smallest absolute Gasteiger partial charge is 0.245 e. The number of nitrogens with zero attached hydrogens (tertiary/aromatic N) is 2. The number of piperazine rings is 1. The maximum atomic E-state index is 12.8. The molecule has 4 rings (SSSR count). The van der Waals surface area contributed by atoms with Gasteiger partial charge in [0.1, 0.15) is 5.75 Å². The van der Waals surface area contributed by atoms with Gasteiger partial charge in [0, 0.05) is 46.5 Å². The SMILES string of the molecule is CCC(NC(=O)/C=C/C=C/c1ccc(OCOC(COC)OC)cc1)N1CCN(C(c2ccccc2)c2ccccc2)CC1. The van der Waals surface area contributed by atoms with Crippen molar-refractivity contribution in [1.29, 1.82) is 0 Å². The summed E-state index contributed by atoms with van der Waals surface area (Å²) >= 11 is 0. The molecule has 1 saturated heterocycles. The molecular weight excluding hydrogens is 554 g/mol. The third-order valence-electron chi connectivity index (χ3n) is 7.65. The number of rotatable bonds is 16. The number of allylic oxidation sites excluding steroid dienone is 2. The van der Waals surface area contributed by atoms with Crippen LogP contribution >= 0.6 is 0 Å². The van der Waals surface area contributed by atoms with E-state index in [1.54, 1.807) is 26.4 Å². The molecule has 0 spiro atoms. The van der Waals surface area contributed by atoms with E-state index < -0.39 is 6.29 Å². The van der Waals surface area contributed by atoms with Crippen molar-refractivity contribution in [1.82, 2.24) is 15.1 Å². The molecule has 44 heavy (non-hydrogen) atoms. The summed E-state index contributed by atoms with van der Waals surface area (Å²) in [6.07, 6.45) is 7.52. The number of carbonyl (C=O) groups is 1. The van der Waals surface area contributed by atoms with E-state index in [-0.39, 0.29) is 24.9 Å². The molecule has 1 fully saturated rings. The zero-order chi connectivity index (χ0) is 31.0. The number of nitrogens with one attached hydrogen (secondary N) is 1. The first-order valence-electron chi connectivity index (χ1n) is 15.2. The third kappa shape index (κ3) is 10.1. The van der Waals surface area contributed by atoms with Crippen LogP contribution in [0, 0.1) is 0 Å². The summed E-state index contributed by atoms with van der Waals surface area (Å²) in [6.45, 7) is 6.15. The van der Waals surface area contributed by atoms with E-state index in [0.717, 1.165) is 38.2 Å². The molecule has 1 heterocycles. The fourth-order valence-electron chi connectivity index (χ4n) is 5.34. The zero-order valence-corrected chi connectivity index (χ0v) is 26.0. The number of benzene rings is 3. The molecule has 0 radical (unpaired) electrons. The number of methoxy groups -OCH3 is 2. The Morgan fingerprint density at radius 1 is 0.841 bits per heavy atom. The summed E-state index contributed by atoms with van der Waals surface area (Å²) < 4.78 is 21.2. The van der Waals surface area contributed by atoms with E-state index >= 15 is 0 Å². The second-order valence-corrected chi connectivity index (χ2v) is 10.6. The lowest BCUT2D eigenvalue weighted by Crippen LogP contribution is -2.56. The van der Waals surface area contributed by atoms with E-state index in [1.807, 2.05) is 36.4 Å². The third-order valence-corrected chi connectivity index (χ3v) is 7.65. The van der Waals surface area contributed by atoms with Crippen LogP contribution < -0.4 is 10.1 Å². The van der Waals surface area contributed by atoms with Gasteiger partial charge in [0.05, 0.1) is 18.8 Å². The molecule has 0 saturated carbocycles. The van der Waals surface area contributed by atoms with Crippen LogP contribution in [0.4, 0.5) is 0 Å². The monoisotopic (exact) mass is 599 g/mol. The summed E-state index contributed by atoms with van der Waals surface area (Å²) in [5.41, 5.74) is 3.60. The number of hydrogen-bond donors (Lipinski definition) is 1. The highest BCUT2D eigenvalue weighted by molar-refractivity contribution is 5.88. The van der Waals surface area contributed by atoms with Gasteiger partial charge < -0.3 is 24.3 Å². The Morgan fingerprint density at radius 2 is 1.45 bits per heavy atom. The fraction of sp³-hybridized carbons (Fsp3) is 0.361. The first-order chi connectivity index (χ1) is 21.6. The molecule has 2 atom stereocenters. The van der Waals surface area contributed by atoms with E-state index in [9.17, 15) is 4.79 Å². The quantitative estimate of drug-likeness (QED) is 0.133. The van der Waals surface area contributed by atoms with Crippen LogP contribution in [-0.2, 0) is 19.0 Å². The molecule has 1 amide bonds. The molecule has 8 nitrogen and oxygen atoms in total. The van der Waals surface area contributed by atoms with E-state index in [4.69, 9.17) is 18.9 Å². The minimum Gasteiger partial charge on any atom is -0.467 e. The molecule has 1 aliphatic heterocycles. The minimum absolute atomic E-state index is 0.00429.